The fourth-order valence-corrected chi connectivity index (χ4v) is 5.62. The predicted octanol–water partition coefficient (Wildman–Crippen LogP) is 5.22. The lowest BCUT2D eigenvalue weighted by atomic mass is 9.95. The zero-order chi connectivity index (χ0) is 26.9. The number of hydrogen-bond acceptors (Lipinski definition) is 5. The number of nitrogens with zero attached hydrogens (tertiary/aromatic N) is 3. The molecule has 0 unspecified atom stereocenters. The van der Waals surface area contributed by atoms with Crippen molar-refractivity contribution in [2.45, 2.75) is 50.6 Å². The van der Waals surface area contributed by atoms with Gasteiger partial charge in [0.2, 0.25) is 0 Å². The smallest absolute Gasteiger partial charge is 0.326 e. The zero-order valence-corrected chi connectivity index (χ0v) is 21.3. The molecule has 3 heterocycles. The molecule has 9 heteroatoms. The Morgan fingerprint density at radius 2 is 1.92 bits per heavy atom. The highest BCUT2D eigenvalue weighted by molar-refractivity contribution is 5.99. The van der Waals surface area contributed by atoms with Crippen molar-refractivity contribution >= 4 is 33.8 Å². The number of nitrogens with one attached hydrogen (secondary N) is 2. The molecule has 3 aromatic heterocycles. The van der Waals surface area contributed by atoms with Crippen molar-refractivity contribution in [3.63, 3.8) is 0 Å². The van der Waals surface area contributed by atoms with Gasteiger partial charge in [0.15, 0.2) is 5.82 Å². The summed E-state index contributed by atoms with van der Waals surface area (Å²) >= 11 is 0. The number of carbonyl (C=O) groups excluding carboxylic acids is 1. The standard InChI is InChI=1S/C30H29N5O4/c36-21-10-11-23-22(16-21)19(17-32-23)15-26(30(38)39)34-29(37)18-9-12-27-25(14-18)33-28(24-8-4-5-13-31-24)35(27)20-6-2-1-3-7-20/h4-5,8-14,16-17,20,26,32,36H,1-3,6-7,15H2,(H,34,37)(H,38,39)/t26-/m0/s1. The third-order valence-electron chi connectivity index (χ3n) is 7.56. The fraction of sp³-hybridized carbons (Fsp3) is 0.267. The van der Waals surface area contributed by atoms with E-state index in [0.717, 1.165) is 35.4 Å². The number of fused-ring (bicyclic) bond motifs is 2. The maximum atomic E-state index is 13.2. The van der Waals surface area contributed by atoms with Gasteiger partial charge in [0.25, 0.3) is 5.91 Å². The number of hydrogen-bond donors (Lipinski definition) is 4. The van der Waals surface area contributed by atoms with E-state index in [0.29, 0.717) is 28.1 Å². The quantitative estimate of drug-likeness (QED) is 0.231. The van der Waals surface area contributed by atoms with E-state index >= 15 is 0 Å². The Morgan fingerprint density at radius 1 is 1.08 bits per heavy atom. The number of amides is 1. The predicted molar refractivity (Wildman–Crippen MR) is 148 cm³/mol. The summed E-state index contributed by atoms with van der Waals surface area (Å²) in [5.74, 6) is -0.761. The molecule has 2 aromatic carbocycles. The Kier molecular flexibility index (Phi) is 6.48. The van der Waals surface area contributed by atoms with Crippen LogP contribution in [0, 0.1) is 0 Å². The van der Waals surface area contributed by atoms with E-state index in [2.05, 4.69) is 19.9 Å². The molecule has 0 spiro atoms. The first-order valence-electron chi connectivity index (χ1n) is 13.2. The molecule has 4 N–H and O–H groups in total. The van der Waals surface area contributed by atoms with Crippen LogP contribution < -0.4 is 5.32 Å². The van der Waals surface area contributed by atoms with E-state index in [9.17, 15) is 19.8 Å². The van der Waals surface area contributed by atoms with E-state index in [4.69, 9.17) is 4.98 Å². The van der Waals surface area contributed by atoms with Gasteiger partial charge in [0.1, 0.15) is 17.5 Å². The highest BCUT2D eigenvalue weighted by Gasteiger charge is 2.25. The van der Waals surface area contributed by atoms with Crippen molar-refractivity contribution in [2.24, 2.45) is 0 Å². The first-order valence-corrected chi connectivity index (χ1v) is 13.2. The van der Waals surface area contributed by atoms with Gasteiger partial charge in [0, 0.05) is 41.3 Å². The van der Waals surface area contributed by atoms with Crippen molar-refractivity contribution < 1.29 is 19.8 Å². The molecule has 1 atom stereocenters. The van der Waals surface area contributed by atoms with Crippen LogP contribution in [0.3, 0.4) is 0 Å². The largest absolute Gasteiger partial charge is 0.508 e. The van der Waals surface area contributed by atoms with E-state index in [1.807, 2.05) is 24.3 Å². The van der Waals surface area contributed by atoms with E-state index in [1.54, 1.807) is 42.7 Å². The molecule has 0 radical (unpaired) electrons. The second-order valence-corrected chi connectivity index (χ2v) is 10.1. The molecule has 1 saturated carbocycles. The lowest BCUT2D eigenvalue weighted by Gasteiger charge is -2.25. The summed E-state index contributed by atoms with van der Waals surface area (Å²) in [5, 5.41) is 23.1. The van der Waals surface area contributed by atoms with E-state index < -0.39 is 17.9 Å². The van der Waals surface area contributed by atoms with Gasteiger partial charge in [-0.15, -0.1) is 0 Å². The van der Waals surface area contributed by atoms with Gasteiger partial charge in [-0.05, 0) is 66.9 Å². The van der Waals surface area contributed by atoms with Crippen LogP contribution in [0.4, 0.5) is 0 Å². The summed E-state index contributed by atoms with van der Waals surface area (Å²) in [7, 11) is 0. The van der Waals surface area contributed by atoms with Crippen molar-refractivity contribution in [3.8, 4) is 17.3 Å². The van der Waals surface area contributed by atoms with Gasteiger partial charge >= 0.3 is 5.97 Å². The van der Waals surface area contributed by atoms with Gasteiger partial charge < -0.3 is 25.1 Å². The second kappa shape index (κ2) is 10.2. The summed E-state index contributed by atoms with van der Waals surface area (Å²) in [6.07, 6.45) is 9.22. The monoisotopic (exact) mass is 523 g/mol. The maximum Gasteiger partial charge on any atom is 0.326 e. The number of pyridine rings is 1. The average molecular weight is 524 g/mol. The Morgan fingerprint density at radius 3 is 2.69 bits per heavy atom. The Labute approximate surface area is 224 Å². The number of benzene rings is 2. The van der Waals surface area contributed by atoms with Crippen LogP contribution in [0.1, 0.15) is 54.1 Å². The van der Waals surface area contributed by atoms with Crippen molar-refractivity contribution in [1.82, 2.24) is 24.8 Å². The lowest BCUT2D eigenvalue weighted by molar-refractivity contribution is -0.139. The van der Waals surface area contributed by atoms with Crippen molar-refractivity contribution in [2.75, 3.05) is 0 Å². The summed E-state index contributed by atoms with van der Waals surface area (Å²) in [6, 6.07) is 15.1. The molecule has 0 bridgehead atoms. The van der Waals surface area contributed by atoms with Gasteiger partial charge in [-0.2, -0.15) is 0 Å². The van der Waals surface area contributed by atoms with Gasteiger partial charge in [0.05, 0.1) is 11.0 Å². The Bertz CT molecular complexity index is 1670. The Hall–Kier alpha value is -4.66. The molecule has 5 aromatic rings. The number of aromatic hydroxyl groups is 1. The van der Waals surface area contributed by atoms with Crippen LogP contribution in [0.2, 0.25) is 0 Å². The number of carboxylic acid groups (broad SMARTS) is 1. The summed E-state index contributed by atoms with van der Waals surface area (Å²) in [4.78, 5) is 37.8. The van der Waals surface area contributed by atoms with Crippen molar-refractivity contribution in [1.29, 1.82) is 0 Å². The number of imidazole rings is 1. The zero-order valence-electron chi connectivity index (χ0n) is 21.3. The number of phenols is 1. The molecular formula is C30H29N5O4. The SMILES string of the molecule is O=C(N[C@@H](Cc1c[nH]c2ccc(O)cc12)C(=O)O)c1ccc2c(c1)nc(-c1ccccn1)n2C1CCCCC1. The van der Waals surface area contributed by atoms with Crippen LogP contribution in [-0.4, -0.2) is 47.7 Å². The average Bonchev–Trinajstić information content (AvgIpc) is 3.54. The third-order valence-corrected chi connectivity index (χ3v) is 7.56. The van der Waals surface area contributed by atoms with Gasteiger partial charge in [-0.25, -0.2) is 9.78 Å². The molecule has 0 saturated heterocycles. The molecular weight excluding hydrogens is 494 g/mol. The van der Waals surface area contributed by atoms with Crippen LogP contribution in [-0.2, 0) is 11.2 Å². The number of H-pyrrole nitrogens is 1. The molecule has 1 amide bonds. The van der Waals surface area contributed by atoms with Crippen molar-refractivity contribution in [3.05, 3.63) is 78.1 Å². The molecule has 1 aliphatic rings. The molecule has 9 nitrogen and oxygen atoms in total. The van der Waals surface area contributed by atoms with Gasteiger partial charge in [-0.3, -0.25) is 9.78 Å². The van der Waals surface area contributed by atoms with Crippen LogP contribution in [0.15, 0.2) is 67.0 Å². The van der Waals surface area contributed by atoms with E-state index in [-0.39, 0.29) is 12.2 Å². The minimum absolute atomic E-state index is 0.0624. The molecule has 1 aliphatic carbocycles. The second-order valence-electron chi connectivity index (χ2n) is 10.1. The third kappa shape index (κ3) is 4.83. The number of rotatable bonds is 7. The Balaban J connectivity index is 1.30. The fourth-order valence-electron chi connectivity index (χ4n) is 5.62. The summed E-state index contributed by atoms with van der Waals surface area (Å²) in [6.45, 7) is 0. The molecule has 6 rings (SSSR count). The first kappa shape index (κ1) is 24.7. The molecule has 0 aliphatic heterocycles. The summed E-state index contributed by atoms with van der Waals surface area (Å²) < 4.78 is 2.25. The highest BCUT2D eigenvalue weighted by atomic mass is 16.4. The minimum atomic E-state index is -1.15. The normalized spacial score (nSPS) is 15.0. The lowest BCUT2D eigenvalue weighted by Crippen LogP contribution is -2.42. The molecule has 198 valence electrons. The van der Waals surface area contributed by atoms with E-state index in [1.165, 1.54) is 19.3 Å². The summed E-state index contributed by atoms with van der Waals surface area (Å²) in [5.41, 5.74) is 4.20. The highest BCUT2D eigenvalue weighted by Crippen LogP contribution is 2.35. The van der Waals surface area contributed by atoms with Crippen LogP contribution >= 0.6 is 0 Å². The topological polar surface area (TPSA) is 133 Å². The first-order chi connectivity index (χ1) is 19.0. The number of aromatic amines is 1. The van der Waals surface area contributed by atoms with Crippen LogP contribution in [0.5, 0.6) is 5.75 Å². The van der Waals surface area contributed by atoms with Crippen LogP contribution in [0.25, 0.3) is 33.5 Å². The van der Waals surface area contributed by atoms with Gasteiger partial charge in [-0.1, -0.05) is 25.3 Å². The number of carbonyl (C=O) groups is 2. The molecule has 1 fully saturated rings. The number of aliphatic carboxylic acids is 1. The number of phenolic OH excluding ortho intramolecular Hbond substituents is 1. The minimum Gasteiger partial charge on any atom is -0.508 e. The number of aromatic nitrogens is 4. The number of carboxylic acids is 1. The maximum absolute atomic E-state index is 13.2. The molecule has 39 heavy (non-hydrogen) atoms.